The van der Waals surface area contributed by atoms with Crippen molar-refractivity contribution in [3.05, 3.63) is 21.9 Å². The van der Waals surface area contributed by atoms with Crippen LogP contribution < -0.4 is 5.73 Å². The van der Waals surface area contributed by atoms with E-state index < -0.39 is 0 Å². The number of thiophene rings is 1. The Morgan fingerprint density at radius 3 is 3.00 bits per heavy atom. The Labute approximate surface area is 125 Å². The summed E-state index contributed by atoms with van der Waals surface area (Å²) in [4.78, 5) is 7.02. The van der Waals surface area contributed by atoms with E-state index in [9.17, 15) is 0 Å². The van der Waals surface area contributed by atoms with Gasteiger partial charge in [0.2, 0.25) is 0 Å². The summed E-state index contributed by atoms with van der Waals surface area (Å²) in [6.45, 7) is 6.81. The van der Waals surface area contributed by atoms with Crippen LogP contribution in [0.15, 0.2) is 11.4 Å². The van der Waals surface area contributed by atoms with Crippen LogP contribution in [0, 0.1) is 0 Å². The fourth-order valence-corrected chi connectivity index (χ4v) is 5.28. The highest BCUT2D eigenvalue weighted by Crippen LogP contribution is 2.42. The Kier molecular flexibility index (Phi) is 3.18. The monoisotopic (exact) mass is 291 g/mol. The maximum Gasteiger partial charge on any atom is 0.0476 e. The number of nitrogens with zero attached hydrogens (tertiary/aromatic N) is 2. The Bertz CT molecular complexity index is 496. The van der Waals surface area contributed by atoms with Gasteiger partial charge in [0.25, 0.3) is 0 Å². The number of hydrogen-bond donors (Lipinski definition) is 1. The summed E-state index contributed by atoms with van der Waals surface area (Å²) in [6, 6.07) is 3.74. The van der Waals surface area contributed by atoms with Gasteiger partial charge in [-0.1, -0.05) is 0 Å². The Morgan fingerprint density at radius 1 is 1.40 bits per heavy atom. The van der Waals surface area contributed by atoms with E-state index in [1.165, 1.54) is 45.3 Å². The molecule has 0 bridgehead atoms. The number of hydrogen-bond acceptors (Lipinski definition) is 4. The minimum absolute atomic E-state index is 0.224. The normalized spacial score (nSPS) is 35.4. The van der Waals surface area contributed by atoms with Crippen molar-refractivity contribution in [1.82, 2.24) is 9.80 Å². The highest BCUT2D eigenvalue weighted by atomic mass is 32.1. The number of rotatable bonds is 3. The second kappa shape index (κ2) is 4.80. The lowest BCUT2D eigenvalue weighted by atomic mass is 9.89. The van der Waals surface area contributed by atoms with Crippen molar-refractivity contribution < 1.29 is 0 Å². The third-order valence-electron chi connectivity index (χ3n) is 5.69. The zero-order valence-corrected chi connectivity index (χ0v) is 13.2. The Balaban J connectivity index is 1.59. The topological polar surface area (TPSA) is 32.5 Å². The van der Waals surface area contributed by atoms with Gasteiger partial charge < -0.3 is 5.73 Å². The first kappa shape index (κ1) is 13.3. The SMILES string of the molecule is CC1c2ccsc2CCN1C1(CN)CCN(C2CC2)C1. The molecule has 4 heteroatoms. The molecule has 0 spiro atoms. The van der Waals surface area contributed by atoms with E-state index in [4.69, 9.17) is 5.73 Å². The molecule has 1 saturated heterocycles. The standard InChI is InChI=1S/C16H25N3S/c1-12-14-5-9-20-15(14)4-7-19(12)16(10-17)6-8-18(11-16)13-2-3-13/h5,9,12-13H,2-4,6-8,10-11,17H2,1H3. The van der Waals surface area contributed by atoms with Crippen molar-refractivity contribution in [2.45, 2.75) is 50.2 Å². The second-order valence-corrected chi connectivity index (χ2v) is 7.80. The summed E-state index contributed by atoms with van der Waals surface area (Å²) in [5, 5.41) is 2.25. The number of likely N-dealkylation sites (tertiary alicyclic amines) is 1. The molecular weight excluding hydrogens is 266 g/mol. The lowest BCUT2D eigenvalue weighted by molar-refractivity contribution is 0.0525. The summed E-state index contributed by atoms with van der Waals surface area (Å²) in [5.74, 6) is 0. The van der Waals surface area contributed by atoms with Crippen LogP contribution in [0.25, 0.3) is 0 Å². The largest absolute Gasteiger partial charge is 0.329 e. The van der Waals surface area contributed by atoms with Gasteiger partial charge in [-0.2, -0.15) is 0 Å². The third-order valence-corrected chi connectivity index (χ3v) is 6.69. The molecule has 4 rings (SSSR count). The molecule has 2 aliphatic heterocycles. The first-order valence-corrected chi connectivity index (χ1v) is 8.89. The third kappa shape index (κ3) is 1.97. The Hall–Kier alpha value is -0.420. The van der Waals surface area contributed by atoms with Crippen LogP contribution in [0.5, 0.6) is 0 Å². The van der Waals surface area contributed by atoms with E-state index in [0.717, 1.165) is 12.6 Å². The molecule has 2 unspecified atom stereocenters. The van der Waals surface area contributed by atoms with Crippen molar-refractivity contribution in [3.8, 4) is 0 Å². The molecule has 0 radical (unpaired) electrons. The molecule has 3 aliphatic rings. The van der Waals surface area contributed by atoms with Gasteiger partial charge in [-0.3, -0.25) is 9.80 Å². The van der Waals surface area contributed by atoms with Crippen molar-refractivity contribution in [1.29, 1.82) is 0 Å². The summed E-state index contributed by atoms with van der Waals surface area (Å²) >= 11 is 1.93. The van der Waals surface area contributed by atoms with E-state index >= 15 is 0 Å². The fraction of sp³-hybridized carbons (Fsp3) is 0.750. The highest BCUT2D eigenvalue weighted by Gasteiger charge is 2.48. The summed E-state index contributed by atoms with van der Waals surface area (Å²) in [7, 11) is 0. The van der Waals surface area contributed by atoms with E-state index in [1.807, 2.05) is 11.3 Å². The van der Waals surface area contributed by atoms with Crippen LogP contribution in [0.4, 0.5) is 0 Å². The van der Waals surface area contributed by atoms with Crippen LogP contribution in [0.3, 0.4) is 0 Å². The quantitative estimate of drug-likeness (QED) is 0.927. The first-order valence-electron chi connectivity index (χ1n) is 8.01. The van der Waals surface area contributed by atoms with Gasteiger partial charge in [-0.15, -0.1) is 11.3 Å². The smallest absolute Gasteiger partial charge is 0.0476 e. The molecule has 2 N–H and O–H groups in total. The molecule has 1 aromatic rings. The van der Waals surface area contributed by atoms with Crippen LogP contribution in [-0.4, -0.2) is 47.6 Å². The van der Waals surface area contributed by atoms with Gasteiger partial charge in [0.05, 0.1) is 0 Å². The van der Waals surface area contributed by atoms with Gasteiger partial charge in [0.15, 0.2) is 0 Å². The molecule has 20 heavy (non-hydrogen) atoms. The lowest BCUT2D eigenvalue weighted by Crippen LogP contribution is -2.58. The number of fused-ring (bicyclic) bond motifs is 1. The summed E-state index contributed by atoms with van der Waals surface area (Å²) < 4.78 is 0. The van der Waals surface area contributed by atoms with Gasteiger partial charge in [0, 0.05) is 48.7 Å². The molecule has 1 aromatic heterocycles. The van der Waals surface area contributed by atoms with Gasteiger partial charge >= 0.3 is 0 Å². The van der Waals surface area contributed by atoms with Crippen molar-refractivity contribution in [2.75, 3.05) is 26.2 Å². The lowest BCUT2D eigenvalue weighted by Gasteiger charge is -2.46. The van der Waals surface area contributed by atoms with Crippen molar-refractivity contribution in [3.63, 3.8) is 0 Å². The second-order valence-electron chi connectivity index (χ2n) is 6.80. The minimum Gasteiger partial charge on any atom is -0.329 e. The van der Waals surface area contributed by atoms with Crippen molar-refractivity contribution >= 4 is 11.3 Å². The predicted molar refractivity (Wildman–Crippen MR) is 84.1 cm³/mol. The highest BCUT2D eigenvalue weighted by molar-refractivity contribution is 7.10. The molecule has 1 saturated carbocycles. The molecule has 3 nitrogen and oxygen atoms in total. The zero-order chi connectivity index (χ0) is 13.7. The molecule has 1 aliphatic carbocycles. The average Bonchev–Trinajstić information content (AvgIpc) is 3.04. The van der Waals surface area contributed by atoms with Gasteiger partial charge in [-0.05, 0) is 49.6 Å². The molecule has 3 heterocycles. The van der Waals surface area contributed by atoms with Crippen LogP contribution >= 0.6 is 11.3 Å². The molecule has 0 aromatic carbocycles. The Morgan fingerprint density at radius 2 is 2.25 bits per heavy atom. The average molecular weight is 291 g/mol. The summed E-state index contributed by atoms with van der Waals surface area (Å²) in [6.07, 6.45) is 5.28. The van der Waals surface area contributed by atoms with Crippen LogP contribution in [0.2, 0.25) is 0 Å². The van der Waals surface area contributed by atoms with Gasteiger partial charge in [-0.25, -0.2) is 0 Å². The molecule has 110 valence electrons. The van der Waals surface area contributed by atoms with E-state index in [0.29, 0.717) is 6.04 Å². The molecule has 2 atom stereocenters. The van der Waals surface area contributed by atoms with E-state index in [-0.39, 0.29) is 5.54 Å². The van der Waals surface area contributed by atoms with E-state index in [1.54, 1.807) is 10.4 Å². The predicted octanol–water partition coefficient (Wildman–Crippen LogP) is 2.23. The van der Waals surface area contributed by atoms with Crippen molar-refractivity contribution in [2.24, 2.45) is 5.73 Å². The van der Waals surface area contributed by atoms with Gasteiger partial charge in [0.1, 0.15) is 0 Å². The van der Waals surface area contributed by atoms with E-state index in [2.05, 4.69) is 28.2 Å². The van der Waals surface area contributed by atoms with Crippen LogP contribution in [-0.2, 0) is 6.42 Å². The fourth-order valence-electron chi connectivity index (χ4n) is 4.31. The molecular formula is C16H25N3S. The maximum atomic E-state index is 6.27. The van der Waals surface area contributed by atoms with Crippen LogP contribution in [0.1, 0.15) is 42.7 Å². The minimum atomic E-state index is 0.224. The zero-order valence-electron chi connectivity index (χ0n) is 12.3. The number of nitrogens with two attached hydrogens (primary N) is 1. The molecule has 2 fully saturated rings. The first-order chi connectivity index (χ1) is 9.73. The summed E-state index contributed by atoms with van der Waals surface area (Å²) in [5.41, 5.74) is 8.05. The molecule has 0 amide bonds. The maximum absolute atomic E-state index is 6.27.